The highest BCUT2D eigenvalue weighted by atomic mass is 32.2. The van der Waals surface area contributed by atoms with Crippen molar-refractivity contribution in [3.05, 3.63) is 108 Å². The van der Waals surface area contributed by atoms with E-state index >= 15 is 0 Å². The Labute approximate surface area is 284 Å². The fourth-order valence-electron chi connectivity index (χ4n) is 6.92. The molecule has 2 N–H and O–H groups in total. The van der Waals surface area contributed by atoms with Crippen LogP contribution in [0.5, 0.6) is 0 Å². The van der Waals surface area contributed by atoms with Gasteiger partial charge in [-0.25, -0.2) is 18.4 Å². The molecule has 1 amide bonds. The zero-order valence-corrected chi connectivity index (χ0v) is 28.6. The number of rotatable bonds is 13. The highest BCUT2D eigenvalue weighted by Crippen LogP contribution is 2.32. The first-order valence-electron chi connectivity index (χ1n) is 17.0. The Morgan fingerprint density at radius 2 is 1.48 bits per heavy atom. The molecule has 9 heteroatoms. The van der Waals surface area contributed by atoms with Crippen LogP contribution in [0.25, 0.3) is 21.7 Å². The molecular weight excluding hydrogens is 619 g/mol. The second-order valence-corrected chi connectivity index (χ2v) is 14.9. The van der Waals surface area contributed by atoms with Crippen molar-refractivity contribution in [2.75, 3.05) is 25.5 Å². The summed E-state index contributed by atoms with van der Waals surface area (Å²) in [4.78, 5) is 25.5. The van der Waals surface area contributed by atoms with Gasteiger partial charge in [0.2, 0.25) is 15.9 Å². The molecule has 1 aromatic heterocycles. The van der Waals surface area contributed by atoms with Crippen molar-refractivity contribution < 1.29 is 13.2 Å². The van der Waals surface area contributed by atoms with Gasteiger partial charge in [-0.2, -0.15) is 4.72 Å². The molecule has 0 saturated heterocycles. The summed E-state index contributed by atoms with van der Waals surface area (Å²) in [5.41, 5.74) is 1.88. The van der Waals surface area contributed by atoms with Crippen LogP contribution in [0, 0.1) is 11.8 Å². The maximum Gasteiger partial charge on any atom is 0.241 e. The number of aryl methyl sites for hydroxylation is 1. The van der Waals surface area contributed by atoms with Gasteiger partial charge in [0.1, 0.15) is 17.7 Å². The van der Waals surface area contributed by atoms with Crippen molar-refractivity contribution in [2.45, 2.75) is 62.3 Å². The third-order valence-electron chi connectivity index (χ3n) is 9.53. The molecule has 1 aliphatic carbocycles. The van der Waals surface area contributed by atoms with Gasteiger partial charge in [-0.1, -0.05) is 98.1 Å². The second-order valence-electron chi connectivity index (χ2n) is 13.2. The van der Waals surface area contributed by atoms with Gasteiger partial charge in [0, 0.05) is 37.8 Å². The molecule has 4 aromatic carbocycles. The number of carbonyl (C=O) groups excluding carboxylic acids is 1. The number of para-hydroxylation sites is 1. The maximum atomic E-state index is 13.7. The molecule has 0 aliphatic heterocycles. The van der Waals surface area contributed by atoms with E-state index < -0.39 is 16.1 Å². The van der Waals surface area contributed by atoms with E-state index in [-0.39, 0.29) is 17.2 Å². The van der Waals surface area contributed by atoms with Gasteiger partial charge in [0.15, 0.2) is 0 Å². The monoisotopic (exact) mass is 663 g/mol. The van der Waals surface area contributed by atoms with Crippen molar-refractivity contribution in [3.63, 3.8) is 0 Å². The Morgan fingerprint density at radius 3 is 2.25 bits per heavy atom. The number of benzene rings is 4. The Bertz CT molecular complexity index is 1950. The van der Waals surface area contributed by atoms with Crippen LogP contribution in [0.1, 0.15) is 49.9 Å². The number of fused-ring (bicyclic) bond motifs is 2. The number of nitrogens with one attached hydrogen (secondary N) is 2. The third kappa shape index (κ3) is 8.20. The summed E-state index contributed by atoms with van der Waals surface area (Å²) in [7, 11) is 0.0723. The van der Waals surface area contributed by atoms with Crippen molar-refractivity contribution in [1.29, 1.82) is 0 Å². The molecule has 250 valence electrons. The molecule has 6 rings (SSSR count). The molecule has 1 saturated carbocycles. The molecule has 1 aliphatic rings. The zero-order chi connectivity index (χ0) is 33.5. The zero-order valence-electron chi connectivity index (χ0n) is 27.8. The average molecular weight is 664 g/mol. The first-order chi connectivity index (χ1) is 23.3. The number of hydrogen-bond donors (Lipinski definition) is 2. The van der Waals surface area contributed by atoms with E-state index in [1.54, 1.807) is 18.2 Å². The predicted octanol–water partition coefficient (Wildman–Crippen LogP) is 6.68. The molecule has 1 heterocycles. The number of anilines is 1. The normalized spacial score (nSPS) is 17.3. The number of amides is 1. The fraction of sp³-hybridized carbons (Fsp3) is 0.359. The van der Waals surface area contributed by atoms with E-state index in [0.29, 0.717) is 23.8 Å². The summed E-state index contributed by atoms with van der Waals surface area (Å²) in [6.45, 7) is 0.547. The average Bonchev–Trinajstić information content (AvgIpc) is 3.10. The summed E-state index contributed by atoms with van der Waals surface area (Å²) >= 11 is 0. The largest absolute Gasteiger partial charge is 0.362 e. The minimum absolute atomic E-state index is 0.176. The van der Waals surface area contributed by atoms with Gasteiger partial charge < -0.3 is 10.2 Å². The minimum Gasteiger partial charge on any atom is -0.362 e. The van der Waals surface area contributed by atoms with Crippen molar-refractivity contribution in [3.8, 4) is 0 Å². The van der Waals surface area contributed by atoms with E-state index in [1.165, 1.54) is 0 Å². The van der Waals surface area contributed by atoms with Gasteiger partial charge in [-0.3, -0.25) is 4.79 Å². The molecule has 0 bridgehead atoms. The number of hydrogen-bond acceptors (Lipinski definition) is 6. The third-order valence-corrected chi connectivity index (χ3v) is 11.1. The molecule has 48 heavy (non-hydrogen) atoms. The molecule has 1 fully saturated rings. The van der Waals surface area contributed by atoms with Crippen LogP contribution in [0.15, 0.2) is 102 Å². The Kier molecular flexibility index (Phi) is 10.7. The quantitative estimate of drug-likeness (QED) is 0.146. The van der Waals surface area contributed by atoms with Gasteiger partial charge in [0.25, 0.3) is 0 Å². The van der Waals surface area contributed by atoms with E-state index in [1.807, 2.05) is 80.8 Å². The smallest absolute Gasteiger partial charge is 0.241 e. The topological polar surface area (TPSA) is 104 Å². The van der Waals surface area contributed by atoms with Crippen LogP contribution >= 0.6 is 0 Å². The van der Waals surface area contributed by atoms with Crippen LogP contribution < -0.4 is 14.9 Å². The van der Waals surface area contributed by atoms with Crippen LogP contribution in [-0.2, 0) is 27.7 Å². The minimum atomic E-state index is -3.97. The number of aromatic nitrogens is 2. The summed E-state index contributed by atoms with van der Waals surface area (Å²) in [5, 5.41) is 5.64. The highest BCUT2D eigenvalue weighted by molar-refractivity contribution is 7.89. The Balaban J connectivity index is 1.02. The van der Waals surface area contributed by atoms with E-state index in [0.717, 1.165) is 78.4 Å². The van der Waals surface area contributed by atoms with Crippen LogP contribution in [0.4, 0.5) is 5.82 Å². The summed E-state index contributed by atoms with van der Waals surface area (Å²) < 4.78 is 30.1. The lowest BCUT2D eigenvalue weighted by molar-refractivity contribution is -0.123. The first-order valence-corrected chi connectivity index (χ1v) is 18.5. The highest BCUT2D eigenvalue weighted by Gasteiger charge is 2.28. The molecule has 8 nitrogen and oxygen atoms in total. The molecule has 0 radical (unpaired) electrons. The summed E-state index contributed by atoms with van der Waals surface area (Å²) in [6, 6.07) is 29.4. The van der Waals surface area contributed by atoms with Crippen molar-refractivity contribution in [1.82, 2.24) is 20.0 Å². The van der Waals surface area contributed by atoms with Crippen LogP contribution in [-0.4, -0.2) is 51.0 Å². The second kappa shape index (κ2) is 15.3. The van der Waals surface area contributed by atoms with Crippen LogP contribution in [0.2, 0.25) is 0 Å². The van der Waals surface area contributed by atoms with Crippen molar-refractivity contribution >= 4 is 43.4 Å². The Morgan fingerprint density at radius 1 is 0.812 bits per heavy atom. The molecule has 1 atom stereocenters. The fourth-order valence-corrected chi connectivity index (χ4v) is 8.34. The molecule has 5 aromatic rings. The van der Waals surface area contributed by atoms with Gasteiger partial charge >= 0.3 is 0 Å². The van der Waals surface area contributed by atoms with E-state index in [2.05, 4.69) is 27.1 Å². The van der Waals surface area contributed by atoms with Crippen LogP contribution in [0.3, 0.4) is 0 Å². The molecule has 0 unspecified atom stereocenters. The maximum absolute atomic E-state index is 13.7. The number of carbonyl (C=O) groups is 1. The summed E-state index contributed by atoms with van der Waals surface area (Å²) in [6.07, 6.45) is 7.67. The van der Waals surface area contributed by atoms with Gasteiger partial charge in [0.05, 0.1) is 10.4 Å². The van der Waals surface area contributed by atoms with Gasteiger partial charge in [-0.15, -0.1) is 0 Å². The van der Waals surface area contributed by atoms with Gasteiger partial charge in [-0.05, 0) is 66.7 Å². The first kappa shape index (κ1) is 33.6. The standard InChI is InChI=1S/C39H45N5O3S/c1-44(2)38-33-18-8-9-19-34(33)41-37(42-38)21-10-14-28-22-24-30(25-23-28)27-40-39(45)35(26-29-12-4-3-5-13-29)43-48(46,47)36-20-11-16-31-15-6-7-17-32(31)36/h3-9,11-13,15-20,28,30,35,43H,10,14,21-27H2,1-2H3,(H,40,45)/t28?,30?,35-/m0/s1. The predicted molar refractivity (Wildman–Crippen MR) is 193 cm³/mol. The number of nitrogens with zero attached hydrogens (tertiary/aromatic N) is 3. The lowest BCUT2D eigenvalue weighted by Gasteiger charge is -2.29. The molecular formula is C39H45N5O3S. The number of sulfonamides is 1. The summed E-state index contributed by atoms with van der Waals surface area (Å²) in [5.74, 6) is 2.60. The van der Waals surface area contributed by atoms with Crippen molar-refractivity contribution in [2.24, 2.45) is 11.8 Å². The Hall–Kier alpha value is -4.34. The lowest BCUT2D eigenvalue weighted by atomic mass is 9.79. The lowest BCUT2D eigenvalue weighted by Crippen LogP contribution is -2.49. The SMILES string of the molecule is CN(C)c1nc(CCCC2CCC(CNC(=O)[C@H](Cc3ccccc3)NS(=O)(=O)c3cccc4ccccc34)CC2)nc2ccccc12. The van der Waals surface area contributed by atoms with E-state index in [9.17, 15) is 13.2 Å². The van der Waals surface area contributed by atoms with E-state index in [4.69, 9.17) is 9.97 Å². The molecule has 0 spiro atoms.